The van der Waals surface area contributed by atoms with Crippen molar-refractivity contribution >= 4 is 24.0 Å². The van der Waals surface area contributed by atoms with Gasteiger partial charge in [-0.15, -0.1) is 0 Å². The van der Waals surface area contributed by atoms with E-state index in [4.69, 9.17) is 29.4 Å². The minimum atomic E-state index is -3.20. The lowest BCUT2D eigenvalue weighted by Gasteiger charge is -2.28. The minimum Gasteiger partial charge on any atom is -0.458 e. The number of nitrogens with two attached hydrogens (primary N) is 1. The highest BCUT2D eigenvalue weighted by molar-refractivity contribution is 5.77. The topological polar surface area (TPSA) is 184 Å². The third-order valence-electron chi connectivity index (χ3n) is 6.32. The maximum absolute atomic E-state index is 16.8. The van der Waals surface area contributed by atoms with Gasteiger partial charge in [-0.25, -0.2) is 18.8 Å². The molecule has 1 fully saturated rings. The molecule has 0 spiro atoms. The summed E-state index contributed by atoms with van der Waals surface area (Å²) in [6, 6.07) is 7.55. The van der Waals surface area contributed by atoms with E-state index < -0.39 is 84.0 Å². The first kappa shape index (κ1) is 33.1. The second-order valence-corrected chi connectivity index (χ2v) is 10.2. The minimum absolute atomic E-state index is 0.125. The summed E-state index contributed by atoms with van der Waals surface area (Å²) in [5.41, 5.74) is 3.93. The van der Waals surface area contributed by atoms with Crippen LogP contribution in [0, 0.1) is 11.8 Å². The summed E-state index contributed by atoms with van der Waals surface area (Å²) < 4.78 is 43.8. The lowest BCUT2D eigenvalue weighted by molar-refractivity contribution is -0.226. The van der Waals surface area contributed by atoms with Crippen LogP contribution in [0.4, 0.5) is 9.18 Å². The van der Waals surface area contributed by atoms with E-state index in [1.807, 2.05) is 0 Å². The van der Waals surface area contributed by atoms with Crippen molar-refractivity contribution in [2.45, 2.75) is 65.0 Å². The largest absolute Gasteiger partial charge is 0.458 e. The fraction of sp³-hybridized carbons (Fsp3) is 0.500. The zero-order valence-electron chi connectivity index (χ0n) is 24.3. The van der Waals surface area contributed by atoms with Crippen molar-refractivity contribution in [3.63, 3.8) is 0 Å². The van der Waals surface area contributed by atoms with Gasteiger partial charge in [0.15, 0.2) is 18.9 Å². The van der Waals surface area contributed by atoms with E-state index in [0.717, 1.165) is 12.3 Å². The van der Waals surface area contributed by atoms with E-state index in [9.17, 15) is 28.8 Å². The van der Waals surface area contributed by atoms with E-state index in [1.165, 1.54) is 34.6 Å². The van der Waals surface area contributed by atoms with Crippen LogP contribution in [0.15, 0.2) is 52.2 Å². The summed E-state index contributed by atoms with van der Waals surface area (Å²) in [5, 5.41) is 0. The van der Waals surface area contributed by atoms with Crippen molar-refractivity contribution in [2.75, 3.05) is 13.2 Å². The molecule has 2 N–H and O–H groups in total. The number of hydrogen-bond acceptors (Lipinski definition) is 12. The molecular weight excluding hydrogens is 573 g/mol. The maximum atomic E-state index is 16.8. The molecule has 1 saturated heterocycles. The van der Waals surface area contributed by atoms with E-state index in [-0.39, 0.29) is 11.2 Å². The first-order chi connectivity index (χ1) is 20.2. The van der Waals surface area contributed by atoms with Crippen LogP contribution in [0.25, 0.3) is 0 Å². The van der Waals surface area contributed by atoms with Crippen LogP contribution in [-0.2, 0) is 38.1 Å². The van der Waals surface area contributed by atoms with Gasteiger partial charge in [0.1, 0.15) is 6.04 Å². The SMILES string of the molecule is CCOC(=O)n1c(=O)ccn([C@@H]2O[C@](F)(COC(=O)[C@@H](N)c3ccccc3)[C@@H](OC(=O)C(C)C)[C@H]2OC(=O)C(C)C)c1=O. The van der Waals surface area contributed by atoms with Crippen molar-refractivity contribution in [3.05, 3.63) is 69.0 Å². The molecule has 0 radical (unpaired) electrons. The number of ether oxygens (including phenoxy) is 5. The highest BCUT2D eigenvalue weighted by Crippen LogP contribution is 2.42. The summed E-state index contributed by atoms with van der Waals surface area (Å²) in [5.74, 6) is -7.63. The van der Waals surface area contributed by atoms with Crippen molar-refractivity contribution < 1.29 is 47.3 Å². The second kappa shape index (κ2) is 13.7. The molecule has 1 aliphatic rings. The Bertz CT molecular complexity index is 1460. The third kappa shape index (κ3) is 7.35. The predicted molar refractivity (Wildman–Crippen MR) is 145 cm³/mol. The monoisotopic (exact) mass is 607 g/mol. The van der Waals surface area contributed by atoms with Gasteiger partial charge in [0.05, 0.1) is 18.4 Å². The van der Waals surface area contributed by atoms with E-state index in [0.29, 0.717) is 10.1 Å². The van der Waals surface area contributed by atoms with Crippen molar-refractivity contribution in [2.24, 2.45) is 17.6 Å². The van der Waals surface area contributed by atoms with Gasteiger partial charge in [0, 0.05) is 12.3 Å². The molecule has 1 aliphatic heterocycles. The van der Waals surface area contributed by atoms with Gasteiger partial charge in [-0.2, -0.15) is 4.57 Å². The molecule has 1 aromatic carbocycles. The number of esters is 3. The zero-order chi connectivity index (χ0) is 32.1. The predicted octanol–water partition coefficient (Wildman–Crippen LogP) is 1.59. The maximum Gasteiger partial charge on any atom is 0.425 e. The number of aromatic nitrogens is 2. The summed E-state index contributed by atoms with van der Waals surface area (Å²) in [7, 11) is 0. The Morgan fingerprint density at radius 1 is 0.953 bits per heavy atom. The first-order valence-corrected chi connectivity index (χ1v) is 13.5. The van der Waals surface area contributed by atoms with Gasteiger partial charge in [-0.1, -0.05) is 58.0 Å². The average Bonchev–Trinajstić information content (AvgIpc) is 3.22. The Hall–Kier alpha value is -4.37. The van der Waals surface area contributed by atoms with E-state index in [1.54, 1.807) is 30.3 Å². The number of carbonyl (C=O) groups is 4. The Labute approximate surface area is 245 Å². The van der Waals surface area contributed by atoms with Gasteiger partial charge in [-0.3, -0.25) is 19.0 Å². The zero-order valence-corrected chi connectivity index (χ0v) is 24.3. The molecule has 1 aromatic heterocycles. The summed E-state index contributed by atoms with van der Waals surface area (Å²) in [4.78, 5) is 76.1. The normalized spacial score (nSPS) is 22.2. The van der Waals surface area contributed by atoms with Crippen LogP contribution in [0.3, 0.4) is 0 Å². The number of nitrogens with zero attached hydrogens (tertiary/aromatic N) is 2. The van der Waals surface area contributed by atoms with Gasteiger partial charge >= 0.3 is 29.7 Å². The molecule has 0 bridgehead atoms. The summed E-state index contributed by atoms with van der Waals surface area (Å²) in [6.07, 6.45) is -6.28. The molecule has 0 amide bonds. The lowest BCUT2D eigenvalue weighted by Crippen LogP contribution is -2.49. The van der Waals surface area contributed by atoms with E-state index >= 15 is 4.39 Å². The number of hydrogen-bond donors (Lipinski definition) is 1. The first-order valence-electron chi connectivity index (χ1n) is 13.5. The molecule has 15 heteroatoms. The third-order valence-corrected chi connectivity index (χ3v) is 6.32. The average molecular weight is 608 g/mol. The van der Waals surface area contributed by atoms with Gasteiger partial charge in [0.2, 0.25) is 6.10 Å². The highest BCUT2D eigenvalue weighted by atomic mass is 19.2. The molecule has 234 valence electrons. The Balaban J connectivity index is 2.09. The smallest absolute Gasteiger partial charge is 0.425 e. The molecule has 5 atom stereocenters. The van der Waals surface area contributed by atoms with E-state index in [2.05, 4.69) is 0 Å². The molecule has 43 heavy (non-hydrogen) atoms. The molecule has 14 nitrogen and oxygen atoms in total. The number of alkyl halides is 1. The molecule has 0 unspecified atom stereocenters. The number of benzene rings is 1. The quantitative estimate of drug-likeness (QED) is 0.304. The fourth-order valence-electron chi connectivity index (χ4n) is 3.97. The molecule has 2 aromatic rings. The van der Waals surface area contributed by atoms with Gasteiger partial charge < -0.3 is 29.4 Å². The van der Waals surface area contributed by atoms with Gasteiger partial charge in [0.25, 0.3) is 11.4 Å². The van der Waals surface area contributed by atoms with Gasteiger partial charge in [-0.05, 0) is 12.5 Å². The van der Waals surface area contributed by atoms with Crippen LogP contribution < -0.4 is 17.0 Å². The summed E-state index contributed by atoms with van der Waals surface area (Å²) >= 11 is 0. The molecule has 0 aliphatic carbocycles. The Kier molecular flexibility index (Phi) is 10.6. The fourth-order valence-corrected chi connectivity index (χ4v) is 3.97. The Morgan fingerprint density at radius 2 is 1.56 bits per heavy atom. The summed E-state index contributed by atoms with van der Waals surface area (Å²) in [6.45, 7) is 5.94. The van der Waals surface area contributed by atoms with Crippen molar-refractivity contribution in [3.8, 4) is 0 Å². The highest BCUT2D eigenvalue weighted by Gasteiger charge is 2.62. The van der Waals surface area contributed by atoms with Crippen LogP contribution in [0.5, 0.6) is 0 Å². The molecule has 2 heterocycles. The van der Waals surface area contributed by atoms with Crippen molar-refractivity contribution in [1.82, 2.24) is 9.13 Å². The molecular formula is C28H34FN3O11. The second-order valence-electron chi connectivity index (χ2n) is 10.2. The van der Waals surface area contributed by atoms with Crippen LogP contribution in [0.2, 0.25) is 0 Å². The molecule has 3 rings (SSSR count). The Morgan fingerprint density at radius 3 is 2.14 bits per heavy atom. The number of rotatable bonds is 10. The van der Waals surface area contributed by atoms with Crippen LogP contribution >= 0.6 is 0 Å². The lowest BCUT2D eigenvalue weighted by atomic mass is 10.1. The number of halogens is 1. The molecule has 0 saturated carbocycles. The van der Waals surface area contributed by atoms with Crippen molar-refractivity contribution in [1.29, 1.82) is 0 Å². The van der Waals surface area contributed by atoms with Crippen LogP contribution in [-0.4, -0.2) is 64.4 Å². The number of carbonyl (C=O) groups excluding carboxylic acids is 4. The van der Waals surface area contributed by atoms with Crippen LogP contribution in [0.1, 0.15) is 52.5 Å². The standard InChI is InChI=1S/C28H34FN3O11/c1-6-39-27(38)32-18(33)12-13-31(26(32)37)22-20(41-23(34)15(2)3)21(42-24(35)16(4)5)28(29,43-22)14-40-25(36)19(30)17-10-8-7-9-11-17/h7-13,15-16,19-22H,6,14,30H2,1-5H3/t19-,20+,21-,22+,28+/m0/s1.